The number of pyridine rings is 1. The standard InChI is InChI=1S/C18H18ClN3O3/c1-25-15-8-4-5-12(21-15)11-16(23)22-10-9-20-18(24)17(22)13-6-2-3-7-14(13)19/h2-8,17H,9-11H2,1H3,(H,20,24). The van der Waals surface area contributed by atoms with Crippen LogP contribution >= 0.6 is 11.6 Å². The van der Waals surface area contributed by atoms with Crippen LogP contribution in [0.4, 0.5) is 0 Å². The smallest absolute Gasteiger partial charge is 0.247 e. The molecule has 0 radical (unpaired) electrons. The first kappa shape index (κ1) is 17.2. The molecule has 7 heteroatoms. The zero-order chi connectivity index (χ0) is 17.8. The summed E-state index contributed by atoms with van der Waals surface area (Å²) in [4.78, 5) is 31.1. The van der Waals surface area contributed by atoms with Crippen molar-refractivity contribution in [2.45, 2.75) is 12.5 Å². The molecule has 25 heavy (non-hydrogen) atoms. The van der Waals surface area contributed by atoms with Crippen molar-refractivity contribution in [1.82, 2.24) is 15.2 Å². The number of hydrogen-bond donors (Lipinski definition) is 1. The van der Waals surface area contributed by atoms with Crippen LogP contribution in [-0.4, -0.2) is 41.9 Å². The molecule has 1 N–H and O–H groups in total. The van der Waals surface area contributed by atoms with E-state index in [-0.39, 0.29) is 18.2 Å². The molecule has 2 aromatic rings. The van der Waals surface area contributed by atoms with Gasteiger partial charge in [0.05, 0.1) is 19.2 Å². The SMILES string of the molecule is COc1cccc(CC(=O)N2CCNC(=O)C2c2ccccc2Cl)n1. The third kappa shape index (κ3) is 3.74. The molecule has 130 valence electrons. The highest BCUT2D eigenvalue weighted by atomic mass is 35.5. The fourth-order valence-corrected chi connectivity index (χ4v) is 3.11. The molecule has 2 heterocycles. The van der Waals surface area contributed by atoms with Gasteiger partial charge in [-0.2, -0.15) is 0 Å². The third-order valence-corrected chi connectivity index (χ3v) is 4.40. The number of ether oxygens (including phenoxy) is 1. The van der Waals surface area contributed by atoms with Crippen molar-refractivity contribution in [2.24, 2.45) is 0 Å². The molecule has 1 saturated heterocycles. The minimum atomic E-state index is -0.736. The van der Waals surface area contributed by atoms with Gasteiger partial charge in [-0.1, -0.05) is 35.9 Å². The topological polar surface area (TPSA) is 71.5 Å². The molecule has 1 atom stereocenters. The Balaban J connectivity index is 1.86. The summed E-state index contributed by atoms with van der Waals surface area (Å²) in [5.41, 5.74) is 1.21. The second-order valence-electron chi connectivity index (χ2n) is 5.65. The molecular weight excluding hydrogens is 342 g/mol. The first-order valence-electron chi connectivity index (χ1n) is 7.91. The first-order chi connectivity index (χ1) is 12.1. The number of hydrogen-bond acceptors (Lipinski definition) is 4. The highest BCUT2D eigenvalue weighted by molar-refractivity contribution is 6.31. The monoisotopic (exact) mass is 359 g/mol. The fourth-order valence-electron chi connectivity index (χ4n) is 2.87. The molecular formula is C18H18ClN3O3. The van der Waals surface area contributed by atoms with E-state index < -0.39 is 6.04 Å². The lowest BCUT2D eigenvalue weighted by atomic mass is 10.0. The second-order valence-corrected chi connectivity index (χ2v) is 6.06. The number of carbonyl (C=O) groups is 2. The van der Waals surface area contributed by atoms with Gasteiger partial charge in [-0.3, -0.25) is 9.59 Å². The van der Waals surface area contributed by atoms with Crippen LogP contribution in [0.5, 0.6) is 5.88 Å². The van der Waals surface area contributed by atoms with Crippen molar-refractivity contribution in [3.8, 4) is 5.88 Å². The van der Waals surface area contributed by atoms with Crippen LogP contribution in [0, 0.1) is 0 Å². The van der Waals surface area contributed by atoms with Gasteiger partial charge in [-0.25, -0.2) is 4.98 Å². The Morgan fingerprint density at radius 2 is 2.12 bits per heavy atom. The quantitative estimate of drug-likeness (QED) is 0.906. The molecule has 6 nitrogen and oxygen atoms in total. The number of amides is 2. The molecule has 0 spiro atoms. The maximum atomic E-state index is 12.8. The summed E-state index contributed by atoms with van der Waals surface area (Å²) in [5.74, 6) is 0.0381. The van der Waals surface area contributed by atoms with E-state index in [1.807, 2.05) is 0 Å². The Morgan fingerprint density at radius 3 is 2.88 bits per heavy atom. The van der Waals surface area contributed by atoms with E-state index in [2.05, 4.69) is 10.3 Å². The maximum absolute atomic E-state index is 12.8. The molecule has 1 aliphatic rings. The van der Waals surface area contributed by atoms with Gasteiger partial charge in [0, 0.05) is 29.7 Å². The third-order valence-electron chi connectivity index (χ3n) is 4.05. The number of piperazine rings is 1. The summed E-state index contributed by atoms with van der Waals surface area (Å²) >= 11 is 6.25. The average molecular weight is 360 g/mol. The average Bonchev–Trinajstić information content (AvgIpc) is 2.62. The van der Waals surface area contributed by atoms with Crippen LogP contribution < -0.4 is 10.1 Å². The van der Waals surface area contributed by atoms with Crippen LogP contribution in [-0.2, 0) is 16.0 Å². The summed E-state index contributed by atoms with van der Waals surface area (Å²) in [7, 11) is 1.52. The van der Waals surface area contributed by atoms with Crippen molar-refractivity contribution in [1.29, 1.82) is 0 Å². The minimum absolute atomic E-state index is 0.0887. The lowest BCUT2D eigenvalue weighted by molar-refractivity contribution is -0.143. The van der Waals surface area contributed by atoms with Crippen molar-refractivity contribution in [3.05, 3.63) is 58.7 Å². The summed E-state index contributed by atoms with van der Waals surface area (Å²) in [6, 6.07) is 11.6. The molecule has 2 amide bonds. The maximum Gasteiger partial charge on any atom is 0.247 e. The number of nitrogens with one attached hydrogen (secondary N) is 1. The summed E-state index contributed by atoms with van der Waals surface area (Å²) < 4.78 is 5.09. The van der Waals surface area contributed by atoms with Crippen molar-refractivity contribution in [3.63, 3.8) is 0 Å². The van der Waals surface area contributed by atoms with Gasteiger partial charge in [0.2, 0.25) is 17.7 Å². The van der Waals surface area contributed by atoms with Crippen LogP contribution in [0.3, 0.4) is 0 Å². The predicted molar refractivity (Wildman–Crippen MR) is 93.4 cm³/mol. The number of halogens is 1. The Hall–Kier alpha value is -2.60. The molecule has 3 rings (SSSR count). The van der Waals surface area contributed by atoms with Gasteiger partial charge < -0.3 is 15.0 Å². The molecule has 0 bridgehead atoms. The Morgan fingerprint density at radius 1 is 1.32 bits per heavy atom. The Kier molecular flexibility index (Phi) is 5.19. The summed E-state index contributed by atoms with van der Waals surface area (Å²) in [5, 5.41) is 3.26. The Labute approximate surface area is 150 Å². The fraction of sp³-hybridized carbons (Fsp3) is 0.278. The van der Waals surface area contributed by atoms with Crippen LogP contribution in [0.2, 0.25) is 5.02 Å². The normalized spacial score (nSPS) is 17.1. The van der Waals surface area contributed by atoms with E-state index in [0.717, 1.165) is 0 Å². The molecule has 0 aliphatic carbocycles. The lowest BCUT2D eigenvalue weighted by Crippen LogP contribution is -2.52. The number of rotatable bonds is 4. The first-order valence-corrected chi connectivity index (χ1v) is 8.29. The number of benzene rings is 1. The second kappa shape index (κ2) is 7.53. The minimum Gasteiger partial charge on any atom is -0.481 e. The summed E-state index contributed by atoms with van der Waals surface area (Å²) in [6.07, 6.45) is 0.0887. The Bertz CT molecular complexity index is 797. The largest absolute Gasteiger partial charge is 0.481 e. The highest BCUT2D eigenvalue weighted by Gasteiger charge is 2.35. The van der Waals surface area contributed by atoms with Gasteiger partial charge in [0.25, 0.3) is 0 Å². The highest BCUT2D eigenvalue weighted by Crippen LogP contribution is 2.29. The van der Waals surface area contributed by atoms with E-state index in [0.29, 0.717) is 35.2 Å². The molecule has 0 saturated carbocycles. The number of aromatic nitrogens is 1. The van der Waals surface area contributed by atoms with Gasteiger partial charge in [0.15, 0.2) is 0 Å². The van der Waals surface area contributed by atoms with Gasteiger partial charge in [-0.05, 0) is 12.1 Å². The van der Waals surface area contributed by atoms with Gasteiger partial charge in [0.1, 0.15) is 6.04 Å². The van der Waals surface area contributed by atoms with E-state index in [4.69, 9.17) is 16.3 Å². The zero-order valence-corrected chi connectivity index (χ0v) is 14.5. The van der Waals surface area contributed by atoms with Gasteiger partial charge in [-0.15, -0.1) is 0 Å². The van der Waals surface area contributed by atoms with E-state index in [1.165, 1.54) is 7.11 Å². The predicted octanol–water partition coefficient (Wildman–Crippen LogP) is 1.99. The van der Waals surface area contributed by atoms with Crippen LogP contribution in [0.25, 0.3) is 0 Å². The zero-order valence-electron chi connectivity index (χ0n) is 13.7. The number of carbonyl (C=O) groups excluding carboxylic acids is 2. The van der Waals surface area contributed by atoms with Crippen LogP contribution in [0.15, 0.2) is 42.5 Å². The molecule has 1 fully saturated rings. The molecule has 1 aliphatic heterocycles. The molecule has 1 aromatic heterocycles. The van der Waals surface area contributed by atoms with E-state index in [1.54, 1.807) is 47.4 Å². The summed E-state index contributed by atoms with van der Waals surface area (Å²) in [6.45, 7) is 0.835. The molecule has 1 unspecified atom stereocenters. The van der Waals surface area contributed by atoms with Crippen molar-refractivity contribution < 1.29 is 14.3 Å². The van der Waals surface area contributed by atoms with E-state index >= 15 is 0 Å². The lowest BCUT2D eigenvalue weighted by Gasteiger charge is -2.35. The van der Waals surface area contributed by atoms with Crippen molar-refractivity contribution >= 4 is 23.4 Å². The van der Waals surface area contributed by atoms with Crippen molar-refractivity contribution in [2.75, 3.05) is 20.2 Å². The molecule has 1 aromatic carbocycles. The van der Waals surface area contributed by atoms with Gasteiger partial charge >= 0.3 is 0 Å². The number of methoxy groups -OCH3 is 1. The van der Waals surface area contributed by atoms with E-state index in [9.17, 15) is 9.59 Å². The number of nitrogens with zero attached hydrogens (tertiary/aromatic N) is 2. The van der Waals surface area contributed by atoms with Crippen LogP contribution in [0.1, 0.15) is 17.3 Å².